The Labute approximate surface area is 193 Å². The van der Waals surface area contributed by atoms with Gasteiger partial charge in [0.2, 0.25) is 11.8 Å². The molecule has 1 aliphatic heterocycles. The number of ether oxygens (including phenoxy) is 1. The first kappa shape index (κ1) is 25.2. The summed E-state index contributed by atoms with van der Waals surface area (Å²) >= 11 is 3.55. The SMILES string of the molecule is C=C/C=C(\C(N)=C(\Br)COC(/N=C\CC)=C(/C)CN1CCNC(=O)C1)N(N)CC1CC1. The molecule has 1 heterocycles. The highest BCUT2D eigenvalue weighted by Gasteiger charge is 2.25. The zero-order valence-corrected chi connectivity index (χ0v) is 20.2. The quantitative estimate of drug-likeness (QED) is 0.126. The fourth-order valence-electron chi connectivity index (χ4n) is 3.15. The third-order valence-corrected chi connectivity index (χ3v) is 5.63. The number of halogens is 1. The summed E-state index contributed by atoms with van der Waals surface area (Å²) in [5.41, 5.74) is 8.54. The zero-order valence-electron chi connectivity index (χ0n) is 18.6. The van der Waals surface area contributed by atoms with Gasteiger partial charge >= 0.3 is 0 Å². The molecule has 2 rings (SSSR count). The molecule has 0 aromatic rings. The Morgan fingerprint density at radius 3 is 2.84 bits per heavy atom. The Balaban J connectivity index is 2.10. The molecule has 0 spiro atoms. The standard InChI is InChI=1S/C22H35BrN6O2/c1-4-6-19(29(25)13-17-7-8-17)21(24)18(23)15-31-22(27-9-5-2)16(3)12-28-11-10-26-20(30)14-28/h4,6,9,17H,1,5,7-8,10-15,24-25H2,2-3H3,(H,26,30)/b19-6+,21-18-,22-16-,27-9-. The monoisotopic (exact) mass is 494 g/mol. The number of carbonyl (C=O) groups is 1. The maximum Gasteiger partial charge on any atom is 0.234 e. The maximum atomic E-state index is 11.6. The number of hydrogen-bond acceptors (Lipinski definition) is 7. The Kier molecular flexibility index (Phi) is 10.3. The van der Waals surface area contributed by atoms with Crippen molar-refractivity contribution in [2.75, 3.05) is 39.3 Å². The lowest BCUT2D eigenvalue weighted by Gasteiger charge is -2.27. The van der Waals surface area contributed by atoms with Gasteiger partial charge in [-0.3, -0.25) is 9.69 Å². The minimum atomic E-state index is 0.0381. The van der Waals surface area contributed by atoms with E-state index in [1.54, 1.807) is 17.2 Å². The van der Waals surface area contributed by atoms with Crippen molar-refractivity contribution in [1.82, 2.24) is 15.2 Å². The van der Waals surface area contributed by atoms with Crippen LogP contribution in [0.25, 0.3) is 0 Å². The second kappa shape index (κ2) is 12.7. The number of allylic oxidation sites excluding steroid dienone is 2. The summed E-state index contributed by atoms with van der Waals surface area (Å²) in [5, 5.41) is 4.51. The van der Waals surface area contributed by atoms with Gasteiger partial charge in [-0.15, -0.1) is 0 Å². The summed E-state index contributed by atoms with van der Waals surface area (Å²) in [6.45, 7) is 11.2. The molecule has 0 atom stereocenters. The first-order chi connectivity index (χ1) is 14.8. The Morgan fingerprint density at radius 1 is 1.48 bits per heavy atom. The molecule has 8 nitrogen and oxygen atoms in total. The molecule has 0 unspecified atom stereocenters. The number of carbonyl (C=O) groups excluding carboxylic acids is 1. The lowest BCUT2D eigenvalue weighted by Crippen LogP contribution is -2.48. The number of nitrogens with one attached hydrogen (secondary N) is 1. The maximum absolute atomic E-state index is 11.6. The normalized spacial score (nSPS) is 19.6. The van der Waals surface area contributed by atoms with Crippen LogP contribution in [0.1, 0.15) is 33.1 Å². The van der Waals surface area contributed by atoms with Crippen LogP contribution in [0.15, 0.2) is 51.1 Å². The van der Waals surface area contributed by atoms with Crippen molar-refractivity contribution in [2.45, 2.75) is 33.1 Å². The number of nitrogens with zero attached hydrogens (tertiary/aromatic N) is 3. The van der Waals surface area contributed by atoms with E-state index in [0.29, 0.717) is 47.3 Å². The topological polar surface area (TPSA) is 109 Å². The van der Waals surface area contributed by atoms with Crippen molar-refractivity contribution >= 4 is 28.1 Å². The third-order valence-electron chi connectivity index (χ3n) is 4.98. The van der Waals surface area contributed by atoms with E-state index in [-0.39, 0.29) is 12.5 Å². The molecule has 0 bridgehead atoms. The summed E-state index contributed by atoms with van der Waals surface area (Å²) in [7, 11) is 0. The molecule has 2 fully saturated rings. The predicted molar refractivity (Wildman–Crippen MR) is 129 cm³/mol. The van der Waals surface area contributed by atoms with E-state index in [2.05, 4.69) is 37.7 Å². The van der Waals surface area contributed by atoms with E-state index >= 15 is 0 Å². The first-order valence-corrected chi connectivity index (χ1v) is 11.5. The molecule has 2 aliphatic rings. The third kappa shape index (κ3) is 8.51. The van der Waals surface area contributed by atoms with Gasteiger partial charge < -0.3 is 20.8 Å². The fourth-order valence-corrected chi connectivity index (χ4v) is 3.47. The highest BCUT2D eigenvalue weighted by atomic mass is 79.9. The van der Waals surface area contributed by atoms with E-state index in [0.717, 1.165) is 25.1 Å². The number of amides is 1. The number of nitrogens with two attached hydrogens (primary N) is 2. The molecule has 172 valence electrons. The molecule has 1 saturated heterocycles. The fraction of sp³-hybridized carbons (Fsp3) is 0.545. The van der Waals surface area contributed by atoms with Gasteiger partial charge in [0, 0.05) is 38.0 Å². The van der Waals surface area contributed by atoms with E-state index in [1.165, 1.54) is 12.8 Å². The van der Waals surface area contributed by atoms with Crippen LogP contribution >= 0.6 is 15.9 Å². The van der Waals surface area contributed by atoms with E-state index in [1.807, 2.05) is 20.1 Å². The van der Waals surface area contributed by atoms with Crippen LogP contribution in [0.3, 0.4) is 0 Å². The Hall–Kier alpha value is -2.10. The van der Waals surface area contributed by atoms with Gasteiger partial charge in [0.1, 0.15) is 6.61 Å². The molecule has 1 saturated carbocycles. The molecule has 0 aromatic heterocycles. The van der Waals surface area contributed by atoms with Crippen LogP contribution in [0.2, 0.25) is 0 Å². The molecular weight excluding hydrogens is 460 g/mol. The van der Waals surface area contributed by atoms with Gasteiger partial charge in [-0.25, -0.2) is 10.8 Å². The van der Waals surface area contributed by atoms with Crippen LogP contribution in [0.4, 0.5) is 0 Å². The van der Waals surface area contributed by atoms with Crippen LogP contribution in [0, 0.1) is 5.92 Å². The first-order valence-electron chi connectivity index (χ1n) is 10.7. The number of rotatable bonds is 12. The summed E-state index contributed by atoms with van der Waals surface area (Å²) in [6, 6.07) is 0. The van der Waals surface area contributed by atoms with E-state index < -0.39 is 0 Å². The minimum absolute atomic E-state index is 0.0381. The van der Waals surface area contributed by atoms with E-state index in [9.17, 15) is 4.79 Å². The lowest BCUT2D eigenvalue weighted by molar-refractivity contribution is -0.123. The van der Waals surface area contributed by atoms with Crippen molar-refractivity contribution in [3.8, 4) is 0 Å². The van der Waals surface area contributed by atoms with Crippen molar-refractivity contribution in [3.05, 3.63) is 46.1 Å². The number of hydrogen-bond donors (Lipinski definition) is 3. The second-order valence-electron chi connectivity index (χ2n) is 7.86. The lowest BCUT2D eigenvalue weighted by atomic mass is 10.2. The largest absolute Gasteiger partial charge is 0.472 e. The summed E-state index contributed by atoms with van der Waals surface area (Å²) < 4.78 is 6.70. The van der Waals surface area contributed by atoms with Gasteiger partial charge in [-0.1, -0.05) is 19.6 Å². The molecule has 9 heteroatoms. The van der Waals surface area contributed by atoms with Gasteiger partial charge in [0.05, 0.1) is 22.4 Å². The van der Waals surface area contributed by atoms with Crippen molar-refractivity contribution in [2.24, 2.45) is 22.5 Å². The minimum Gasteiger partial charge on any atom is -0.472 e. The zero-order chi connectivity index (χ0) is 22.8. The van der Waals surface area contributed by atoms with Gasteiger partial charge in [0.15, 0.2) is 0 Å². The van der Waals surface area contributed by atoms with Crippen LogP contribution in [0.5, 0.6) is 0 Å². The Morgan fingerprint density at radius 2 is 2.23 bits per heavy atom. The summed E-state index contributed by atoms with van der Waals surface area (Å²) in [4.78, 5) is 18.2. The summed E-state index contributed by atoms with van der Waals surface area (Å²) in [5.74, 6) is 7.44. The average molecular weight is 495 g/mol. The van der Waals surface area contributed by atoms with Crippen molar-refractivity contribution in [3.63, 3.8) is 0 Å². The van der Waals surface area contributed by atoms with Gasteiger partial charge in [0.25, 0.3) is 0 Å². The molecule has 0 aromatic carbocycles. The molecule has 5 N–H and O–H groups in total. The van der Waals surface area contributed by atoms with Crippen molar-refractivity contribution < 1.29 is 9.53 Å². The van der Waals surface area contributed by atoms with Crippen LogP contribution in [-0.2, 0) is 9.53 Å². The number of piperazine rings is 1. The Bertz CT molecular complexity index is 770. The smallest absolute Gasteiger partial charge is 0.234 e. The second-order valence-corrected chi connectivity index (χ2v) is 8.81. The predicted octanol–water partition coefficient (Wildman–Crippen LogP) is 2.37. The molecule has 0 radical (unpaired) electrons. The van der Waals surface area contributed by atoms with Crippen LogP contribution in [-0.4, -0.2) is 61.4 Å². The summed E-state index contributed by atoms with van der Waals surface area (Å²) in [6.07, 6.45) is 8.47. The molecular formula is C22H35BrN6O2. The molecule has 1 amide bonds. The molecule has 31 heavy (non-hydrogen) atoms. The highest BCUT2D eigenvalue weighted by Crippen LogP contribution is 2.31. The number of hydrazine groups is 1. The van der Waals surface area contributed by atoms with Gasteiger partial charge in [-0.2, -0.15) is 0 Å². The van der Waals surface area contributed by atoms with Crippen LogP contribution < -0.4 is 16.9 Å². The average Bonchev–Trinajstić information content (AvgIpc) is 3.55. The van der Waals surface area contributed by atoms with Gasteiger partial charge in [-0.05, 0) is 54.1 Å². The highest BCUT2D eigenvalue weighted by molar-refractivity contribution is 9.11. The van der Waals surface area contributed by atoms with E-state index in [4.69, 9.17) is 16.3 Å². The number of aliphatic imine (C=N–C) groups is 1. The van der Waals surface area contributed by atoms with Crippen molar-refractivity contribution in [1.29, 1.82) is 0 Å². The molecule has 1 aliphatic carbocycles.